The number of aliphatic carboxylic acids is 1. The molecule has 1 saturated heterocycles. The molecular formula is C26H29NO5. The van der Waals surface area contributed by atoms with Crippen molar-refractivity contribution in [2.24, 2.45) is 16.7 Å². The average Bonchev–Trinajstić information content (AvgIpc) is 2.75. The number of carbonyl (C=O) groups is 3. The van der Waals surface area contributed by atoms with E-state index in [4.69, 9.17) is 4.74 Å². The van der Waals surface area contributed by atoms with Crippen LogP contribution in [0.5, 0.6) is 0 Å². The number of amides is 1. The lowest BCUT2D eigenvalue weighted by Gasteiger charge is -2.51. The van der Waals surface area contributed by atoms with Crippen molar-refractivity contribution >= 4 is 28.6 Å². The zero-order valence-corrected chi connectivity index (χ0v) is 18.8. The molecule has 1 fully saturated rings. The molecule has 0 spiro atoms. The van der Waals surface area contributed by atoms with Gasteiger partial charge >= 0.3 is 11.9 Å². The number of carbonyl (C=O) groups excluding carboxylic acids is 2. The molecule has 0 unspecified atom stereocenters. The Morgan fingerprint density at radius 1 is 1.16 bits per heavy atom. The van der Waals surface area contributed by atoms with Crippen molar-refractivity contribution < 1.29 is 24.2 Å². The molecule has 0 radical (unpaired) electrons. The van der Waals surface area contributed by atoms with E-state index in [9.17, 15) is 19.5 Å². The summed E-state index contributed by atoms with van der Waals surface area (Å²) in [4.78, 5) is 40.0. The number of methoxy groups -OCH3 is 1. The number of allylic oxidation sites excluding steroid dienone is 1. The summed E-state index contributed by atoms with van der Waals surface area (Å²) in [6, 6.07) is 13.9. The second-order valence-electron chi connectivity index (χ2n) is 9.77. The SMILES string of the molecule is COC(=O)[C@@]12C[C@H](CC(=O)O)C(=O)N(Cc3cccc4ccccc34)C1=CCC(C)(C)C2. The number of hydrogen-bond donors (Lipinski definition) is 1. The minimum atomic E-state index is -1.05. The molecular weight excluding hydrogens is 406 g/mol. The van der Waals surface area contributed by atoms with Crippen LogP contribution in [0.3, 0.4) is 0 Å². The van der Waals surface area contributed by atoms with Crippen LogP contribution in [0.25, 0.3) is 10.8 Å². The van der Waals surface area contributed by atoms with Gasteiger partial charge in [0.2, 0.25) is 5.91 Å². The quantitative estimate of drug-likeness (QED) is 0.698. The van der Waals surface area contributed by atoms with Gasteiger partial charge in [-0.15, -0.1) is 0 Å². The van der Waals surface area contributed by atoms with E-state index in [2.05, 4.69) is 13.8 Å². The molecule has 0 aromatic heterocycles. The Hall–Kier alpha value is -3.15. The van der Waals surface area contributed by atoms with Crippen molar-refractivity contribution in [1.82, 2.24) is 4.90 Å². The number of esters is 1. The summed E-state index contributed by atoms with van der Waals surface area (Å²) < 4.78 is 5.24. The van der Waals surface area contributed by atoms with Crippen molar-refractivity contribution in [3.8, 4) is 0 Å². The van der Waals surface area contributed by atoms with E-state index in [1.807, 2.05) is 48.5 Å². The highest BCUT2D eigenvalue weighted by Gasteiger charge is 2.57. The zero-order valence-electron chi connectivity index (χ0n) is 18.8. The lowest BCUT2D eigenvalue weighted by atomic mass is 9.59. The Kier molecular flexibility index (Phi) is 5.57. The van der Waals surface area contributed by atoms with Crippen LogP contribution in [0.2, 0.25) is 0 Å². The Balaban J connectivity index is 1.84. The van der Waals surface area contributed by atoms with Crippen molar-refractivity contribution in [2.45, 2.75) is 46.1 Å². The second-order valence-corrected chi connectivity index (χ2v) is 9.77. The predicted octanol–water partition coefficient (Wildman–Crippen LogP) is 4.53. The molecule has 2 atom stereocenters. The van der Waals surface area contributed by atoms with E-state index >= 15 is 0 Å². The molecule has 2 aliphatic rings. The number of carboxylic acid groups (broad SMARTS) is 1. The Bertz CT molecular complexity index is 1110. The molecule has 2 aromatic carbocycles. The fourth-order valence-electron chi connectivity index (χ4n) is 5.53. The first kappa shape index (κ1) is 22.1. The van der Waals surface area contributed by atoms with Gasteiger partial charge in [-0.1, -0.05) is 62.4 Å². The molecule has 0 saturated carbocycles. The summed E-state index contributed by atoms with van der Waals surface area (Å²) in [5.74, 6) is -2.48. The van der Waals surface area contributed by atoms with Gasteiger partial charge in [-0.3, -0.25) is 14.4 Å². The molecule has 4 rings (SSSR count). The van der Waals surface area contributed by atoms with Gasteiger partial charge in [0.1, 0.15) is 5.41 Å². The third-order valence-corrected chi connectivity index (χ3v) is 6.83. The fraction of sp³-hybridized carbons (Fsp3) is 0.423. The molecule has 32 heavy (non-hydrogen) atoms. The van der Waals surface area contributed by atoms with Crippen LogP contribution in [0.1, 0.15) is 45.1 Å². The third-order valence-electron chi connectivity index (χ3n) is 6.83. The first-order valence-electron chi connectivity index (χ1n) is 11.0. The molecule has 1 aliphatic heterocycles. The minimum absolute atomic E-state index is 0.159. The van der Waals surface area contributed by atoms with Gasteiger partial charge in [0.15, 0.2) is 0 Å². The van der Waals surface area contributed by atoms with Crippen LogP contribution < -0.4 is 0 Å². The van der Waals surface area contributed by atoms with E-state index in [1.165, 1.54) is 7.11 Å². The van der Waals surface area contributed by atoms with E-state index in [0.29, 0.717) is 12.1 Å². The van der Waals surface area contributed by atoms with Gasteiger partial charge in [-0.2, -0.15) is 0 Å². The average molecular weight is 436 g/mol. The second kappa shape index (κ2) is 8.08. The molecule has 6 nitrogen and oxygen atoms in total. The van der Waals surface area contributed by atoms with Crippen molar-refractivity contribution in [2.75, 3.05) is 7.11 Å². The van der Waals surface area contributed by atoms with Crippen LogP contribution in [0.15, 0.2) is 54.2 Å². The molecule has 1 amide bonds. The maximum Gasteiger partial charge on any atom is 0.317 e. The van der Waals surface area contributed by atoms with Crippen molar-refractivity contribution in [3.63, 3.8) is 0 Å². The predicted molar refractivity (Wildman–Crippen MR) is 120 cm³/mol. The first-order valence-corrected chi connectivity index (χ1v) is 11.0. The zero-order chi connectivity index (χ0) is 23.1. The van der Waals surface area contributed by atoms with Crippen LogP contribution in [-0.4, -0.2) is 35.0 Å². The smallest absolute Gasteiger partial charge is 0.317 e. The molecule has 6 heteroatoms. The highest BCUT2D eigenvalue weighted by Crippen LogP contribution is 2.55. The van der Waals surface area contributed by atoms with Crippen molar-refractivity contribution in [3.05, 3.63) is 59.8 Å². The van der Waals surface area contributed by atoms with Gasteiger partial charge in [-0.25, -0.2) is 0 Å². The van der Waals surface area contributed by atoms with Gasteiger partial charge < -0.3 is 14.7 Å². The fourth-order valence-corrected chi connectivity index (χ4v) is 5.53. The summed E-state index contributed by atoms with van der Waals surface area (Å²) in [6.45, 7) is 4.45. The molecule has 0 bridgehead atoms. The number of piperidine rings is 1. The lowest BCUT2D eigenvalue weighted by Crippen LogP contribution is -2.55. The largest absolute Gasteiger partial charge is 0.481 e. The lowest BCUT2D eigenvalue weighted by molar-refractivity contribution is -0.163. The number of fused-ring (bicyclic) bond motifs is 2. The third kappa shape index (κ3) is 3.78. The first-order chi connectivity index (χ1) is 15.2. The van der Waals surface area contributed by atoms with Crippen LogP contribution >= 0.6 is 0 Å². The number of ether oxygens (including phenoxy) is 1. The van der Waals surface area contributed by atoms with E-state index in [-0.39, 0.29) is 30.7 Å². The minimum Gasteiger partial charge on any atom is -0.481 e. The van der Waals surface area contributed by atoms with Gasteiger partial charge in [0.25, 0.3) is 0 Å². The van der Waals surface area contributed by atoms with Crippen LogP contribution in [0, 0.1) is 16.7 Å². The van der Waals surface area contributed by atoms with E-state index in [1.54, 1.807) is 4.90 Å². The molecule has 1 N–H and O–H groups in total. The van der Waals surface area contributed by atoms with Gasteiger partial charge in [0, 0.05) is 5.70 Å². The van der Waals surface area contributed by atoms with E-state index < -0.39 is 23.3 Å². The Morgan fingerprint density at radius 3 is 2.59 bits per heavy atom. The maximum absolute atomic E-state index is 13.5. The summed E-state index contributed by atoms with van der Waals surface area (Å²) in [7, 11) is 1.36. The van der Waals surface area contributed by atoms with Crippen molar-refractivity contribution in [1.29, 1.82) is 0 Å². The number of nitrogens with zero attached hydrogens (tertiary/aromatic N) is 1. The highest BCUT2D eigenvalue weighted by atomic mass is 16.5. The standard InChI is InChI=1S/C26H29NO5/c1-25(2)12-11-21-26(16-25,24(31)32-3)14-19(13-22(28)29)23(30)27(21)15-18-9-6-8-17-7-4-5-10-20(17)18/h4-11,19H,12-16H2,1-3H3,(H,28,29)/t19-,26+/m0/s1. The van der Waals surface area contributed by atoms with Crippen LogP contribution in [0.4, 0.5) is 0 Å². The van der Waals surface area contributed by atoms with Gasteiger partial charge in [0.05, 0.1) is 26.0 Å². The summed E-state index contributed by atoms with van der Waals surface area (Å²) >= 11 is 0. The Labute approximate surface area is 187 Å². The topological polar surface area (TPSA) is 83.9 Å². The van der Waals surface area contributed by atoms with Gasteiger partial charge in [-0.05, 0) is 41.0 Å². The molecule has 1 aliphatic carbocycles. The summed E-state index contributed by atoms with van der Waals surface area (Å²) in [5, 5.41) is 11.6. The molecule has 1 heterocycles. The summed E-state index contributed by atoms with van der Waals surface area (Å²) in [6.07, 6.45) is 3.07. The number of hydrogen-bond acceptors (Lipinski definition) is 4. The molecule has 168 valence electrons. The number of likely N-dealkylation sites (tertiary alicyclic amines) is 1. The number of rotatable bonds is 5. The number of benzene rings is 2. The Morgan fingerprint density at radius 2 is 1.88 bits per heavy atom. The summed E-state index contributed by atoms with van der Waals surface area (Å²) in [5.41, 5.74) is 0.409. The monoisotopic (exact) mass is 435 g/mol. The number of carboxylic acids is 1. The maximum atomic E-state index is 13.5. The normalized spacial score (nSPS) is 24.6. The molecule has 2 aromatic rings. The van der Waals surface area contributed by atoms with E-state index in [0.717, 1.165) is 22.8 Å². The highest BCUT2D eigenvalue weighted by molar-refractivity contribution is 5.92. The van der Waals surface area contributed by atoms with Crippen LogP contribution in [-0.2, 0) is 25.7 Å².